The van der Waals surface area contributed by atoms with Crippen molar-refractivity contribution in [2.24, 2.45) is 0 Å². The Morgan fingerprint density at radius 2 is 1.25 bits per heavy atom. The Hall–Kier alpha value is 0.188. The van der Waals surface area contributed by atoms with Gasteiger partial charge in [-0.1, -0.05) is 0 Å². The van der Waals surface area contributed by atoms with Gasteiger partial charge in [0, 0.05) is 0 Å². The summed E-state index contributed by atoms with van der Waals surface area (Å²) in [4.78, 5) is 0. The maximum atomic E-state index is 6.09. The second-order valence-corrected chi connectivity index (χ2v) is 16.6. The van der Waals surface area contributed by atoms with Crippen molar-refractivity contribution in [3.8, 4) is 0 Å². The third-order valence-corrected chi connectivity index (χ3v) is 16.3. The highest BCUT2D eigenvalue weighted by atomic mass is 28.5. The first-order valence-electron chi connectivity index (χ1n) is 5.20. The Kier molecular flexibility index (Phi) is 4.29. The van der Waals surface area contributed by atoms with Gasteiger partial charge in [-0.25, -0.2) is 0 Å². The van der Waals surface area contributed by atoms with E-state index in [9.17, 15) is 0 Å². The SMILES string of the molecule is C=C[Si]1(C=C)O[Si](C)(C)O[SiH2]O[Si](C)(C)O1. The predicted octanol–water partition coefficient (Wildman–Crippen LogP) is 1.36. The van der Waals surface area contributed by atoms with Crippen molar-refractivity contribution in [2.75, 3.05) is 0 Å². The molecule has 0 bridgehead atoms. The molecule has 1 aliphatic rings. The van der Waals surface area contributed by atoms with Crippen molar-refractivity contribution in [3.63, 3.8) is 0 Å². The van der Waals surface area contributed by atoms with Gasteiger partial charge in [0.1, 0.15) is 0 Å². The highest BCUT2D eigenvalue weighted by Crippen LogP contribution is 2.25. The van der Waals surface area contributed by atoms with Crippen LogP contribution in [0.2, 0.25) is 26.2 Å². The van der Waals surface area contributed by atoms with Crippen molar-refractivity contribution >= 4 is 35.7 Å². The summed E-state index contributed by atoms with van der Waals surface area (Å²) in [5.74, 6) is 0. The first kappa shape index (κ1) is 14.2. The van der Waals surface area contributed by atoms with Crippen LogP contribution in [0.4, 0.5) is 0 Å². The van der Waals surface area contributed by atoms with Crippen LogP contribution in [0, 0.1) is 0 Å². The Bertz CT molecular complexity index is 264. The van der Waals surface area contributed by atoms with Crippen molar-refractivity contribution in [3.05, 3.63) is 24.6 Å². The van der Waals surface area contributed by atoms with Crippen LogP contribution in [0.15, 0.2) is 24.6 Å². The first-order valence-corrected chi connectivity index (χ1v) is 14.0. The van der Waals surface area contributed by atoms with Crippen LogP contribution in [-0.4, -0.2) is 35.7 Å². The highest BCUT2D eigenvalue weighted by molar-refractivity contribution is 6.93. The molecular formula is C8H20O4Si4. The molecule has 1 fully saturated rings. The zero-order chi connectivity index (χ0) is 12.4. The van der Waals surface area contributed by atoms with Gasteiger partial charge in [0.15, 0.2) is 0 Å². The topological polar surface area (TPSA) is 36.9 Å². The van der Waals surface area contributed by atoms with E-state index in [0.29, 0.717) is 0 Å². The maximum Gasteiger partial charge on any atom is 0.373 e. The molecule has 0 aromatic carbocycles. The zero-order valence-corrected chi connectivity index (χ0v) is 14.8. The molecule has 0 aliphatic carbocycles. The molecule has 0 saturated carbocycles. The molecule has 1 rings (SSSR count). The fourth-order valence-electron chi connectivity index (χ4n) is 1.41. The minimum Gasteiger partial charge on any atom is -0.420 e. The second kappa shape index (κ2) is 4.82. The van der Waals surface area contributed by atoms with Gasteiger partial charge < -0.3 is 16.5 Å². The van der Waals surface area contributed by atoms with E-state index in [0.717, 1.165) is 0 Å². The lowest BCUT2D eigenvalue weighted by atomic mass is 11.2. The van der Waals surface area contributed by atoms with Crippen molar-refractivity contribution in [1.82, 2.24) is 0 Å². The van der Waals surface area contributed by atoms with E-state index >= 15 is 0 Å². The monoisotopic (exact) mass is 292 g/mol. The van der Waals surface area contributed by atoms with Crippen LogP contribution in [0.1, 0.15) is 0 Å². The summed E-state index contributed by atoms with van der Waals surface area (Å²) in [6.45, 7) is 15.6. The lowest BCUT2D eigenvalue weighted by Crippen LogP contribution is -2.59. The summed E-state index contributed by atoms with van der Waals surface area (Å²) in [5.41, 5.74) is 3.51. The van der Waals surface area contributed by atoms with Gasteiger partial charge in [-0.3, -0.25) is 0 Å². The average molecular weight is 293 g/mol. The van der Waals surface area contributed by atoms with E-state index in [4.69, 9.17) is 16.5 Å². The van der Waals surface area contributed by atoms with Crippen molar-refractivity contribution in [2.45, 2.75) is 26.2 Å². The Morgan fingerprint density at radius 3 is 1.56 bits per heavy atom. The van der Waals surface area contributed by atoms with Gasteiger partial charge in [0.25, 0.3) is 10.0 Å². The minimum atomic E-state index is -2.56. The average Bonchev–Trinajstić information content (AvgIpc) is 2.13. The van der Waals surface area contributed by atoms with Gasteiger partial charge in [0.2, 0.25) is 0 Å². The largest absolute Gasteiger partial charge is 0.420 e. The van der Waals surface area contributed by atoms with E-state index in [1.54, 1.807) is 11.4 Å². The molecule has 1 heterocycles. The third kappa shape index (κ3) is 3.60. The fraction of sp³-hybridized carbons (Fsp3) is 0.500. The molecule has 0 unspecified atom stereocenters. The van der Waals surface area contributed by atoms with Gasteiger partial charge in [0.05, 0.1) is 0 Å². The molecular weight excluding hydrogens is 272 g/mol. The highest BCUT2D eigenvalue weighted by Gasteiger charge is 2.46. The van der Waals surface area contributed by atoms with Crippen LogP contribution in [0.3, 0.4) is 0 Å². The van der Waals surface area contributed by atoms with Crippen LogP contribution < -0.4 is 0 Å². The van der Waals surface area contributed by atoms with E-state index < -0.39 is 35.7 Å². The van der Waals surface area contributed by atoms with E-state index in [2.05, 4.69) is 13.2 Å². The van der Waals surface area contributed by atoms with Crippen molar-refractivity contribution in [1.29, 1.82) is 0 Å². The molecule has 1 aliphatic heterocycles. The smallest absolute Gasteiger partial charge is 0.373 e. The molecule has 0 spiro atoms. The summed E-state index contributed by atoms with van der Waals surface area (Å²) in [5, 5.41) is 0. The summed E-state index contributed by atoms with van der Waals surface area (Å²) in [6.07, 6.45) is 0. The van der Waals surface area contributed by atoms with Crippen LogP contribution >= 0.6 is 0 Å². The lowest BCUT2D eigenvalue weighted by Gasteiger charge is -2.41. The van der Waals surface area contributed by atoms with Crippen LogP contribution in [-0.2, 0) is 16.5 Å². The Balaban J connectivity index is 3.00. The summed E-state index contributed by atoms with van der Waals surface area (Å²) >= 11 is 0. The van der Waals surface area contributed by atoms with Crippen molar-refractivity contribution < 1.29 is 16.5 Å². The number of hydrogen-bond donors (Lipinski definition) is 0. The first-order chi connectivity index (χ1) is 7.24. The molecule has 0 radical (unpaired) electrons. The summed E-state index contributed by atoms with van der Waals surface area (Å²) in [7, 11) is -7.87. The molecule has 92 valence electrons. The van der Waals surface area contributed by atoms with Gasteiger partial charge in [-0.2, -0.15) is 0 Å². The molecule has 0 amide bonds. The summed E-state index contributed by atoms with van der Waals surface area (Å²) in [6, 6.07) is 0. The third-order valence-electron chi connectivity index (χ3n) is 2.19. The number of rotatable bonds is 2. The molecule has 8 heteroatoms. The molecule has 16 heavy (non-hydrogen) atoms. The molecule has 0 atom stereocenters. The normalized spacial score (nSPS) is 27.5. The van der Waals surface area contributed by atoms with Crippen LogP contribution in [0.5, 0.6) is 0 Å². The van der Waals surface area contributed by atoms with E-state index in [1.165, 1.54) is 0 Å². The lowest BCUT2D eigenvalue weighted by molar-refractivity contribution is 0.269. The predicted molar refractivity (Wildman–Crippen MR) is 74.0 cm³/mol. The van der Waals surface area contributed by atoms with Gasteiger partial charge in [-0.15, -0.1) is 13.2 Å². The summed E-state index contributed by atoms with van der Waals surface area (Å²) < 4.78 is 23.8. The zero-order valence-electron chi connectivity index (χ0n) is 10.4. The molecule has 0 N–H and O–H groups in total. The molecule has 0 aromatic heterocycles. The van der Waals surface area contributed by atoms with Crippen LogP contribution in [0.25, 0.3) is 0 Å². The standard InChI is InChI=1S/C8H20O4Si4/c1-7-16(8-2)11-14(3,4)9-13-10-15(5,6)12-16/h7-8H,1-2,13H2,3-6H3. The molecule has 1 saturated heterocycles. The van der Waals surface area contributed by atoms with Gasteiger partial charge in [-0.05, 0) is 37.6 Å². The van der Waals surface area contributed by atoms with E-state index in [1.807, 2.05) is 26.2 Å². The molecule has 4 nitrogen and oxygen atoms in total. The maximum absolute atomic E-state index is 6.09. The Morgan fingerprint density at radius 1 is 0.875 bits per heavy atom. The van der Waals surface area contributed by atoms with Gasteiger partial charge >= 0.3 is 25.7 Å². The Labute approximate surface area is 103 Å². The van der Waals surface area contributed by atoms with E-state index in [-0.39, 0.29) is 0 Å². The second-order valence-electron chi connectivity index (χ2n) is 4.54. The quantitative estimate of drug-likeness (QED) is 0.720. The molecule has 0 aromatic rings. The minimum absolute atomic E-state index is 0.994. The number of hydrogen-bond acceptors (Lipinski definition) is 4. The fourth-order valence-corrected chi connectivity index (χ4v) is 14.2.